The van der Waals surface area contributed by atoms with E-state index >= 15 is 0 Å². The minimum atomic E-state index is -0.0275. The summed E-state index contributed by atoms with van der Waals surface area (Å²) >= 11 is 1.55. The van der Waals surface area contributed by atoms with Crippen LogP contribution in [0.3, 0.4) is 0 Å². The molecular weight excluding hydrogens is 210 g/mol. The van der Waals surface area contributed by atoms with Crippen LogP contribution in [0.4, 0.5) is 0 Å². The maximum atomic E-state index is 11.8. The molecule has 2 amide bonds. The summed E-state index contributed by atoms with van der Waals surface area (Å²) in [7, 11) is 1.60. The summed E-state index contributed by atoms with van der Waals surface area (Å²) in [5, 5.41) is -0.0212. The van der Waals surface area contributed by atoms with E-state index in [1.54, 1.807) is 18.8 Å². The van der Waals surface area contributed by atoms with Crippen molar-refractivity contribution in [3.8, 4) is 0 Å². The highest BCUT2D eigenvalue weighted by molar-refractivity contribution is 8.02. The summed E-state index contributed by atoms with van der Waals surface area (Å²) in [5.74, 6) is -0.0385. The molecule has 2 atom stereocenters. The summed E-state index contributed by atoms with van der Waals surface area (Å²) in [6, 6.07) is 0. The molecule has 0 spiro atoms. The number of nitrogens with zero attached hydrogens (tertiary/aromatic N) is 1. The SMILES string of the molecule is CCCCC1SC(CC)C(=O)N(C)C1=O. The number of imide groups is 1. The van der Waals surface area contributed by atoms with Gasteiger partial charge in [0.15, 0.2) is 0 Å². The van der Waals surface area contributed by atoms with Crippen molar-refractivity contribution < 1.29 is 9.59 Å². The number of carbonyl (C=O) groups is 2. The van der Waals surface area contributed by atoms with Gasteiger partial charge in [-0.3, -0.25) is 14.5 Å². The van der Waals surface area contributed by atoms with E-state index in [0.717, 1.165) is 25.7 Å². The van der Waals surface area contributed by atoms with Crippen molar-refractivity contribution in [1.82, 2.24) is 4.90 Å². The van der Waals surface area contributed by atoms with Crippen LogP contribution in [0.5, 0.6) is 0 Å². The molecule has 0 aromatic heterocycles. The first-order chi connectivity index (χ1) is 7.11. The average molecular weight is 229 g/mol. The van der Waals surface area contributed by atoms with Crippen LogP contribution in [0.1, 0.15) is 39.5 Å². The summed E-state index contributed by atoms with van der Waals surface area (Å²) in [6.07, 6.45) is 3.86. The second kappa shape index (κ2) is 5.54. The number of amides is 2. The molecule has 1 aliphatic heterocycles. The Labute approximate surface area is 95.6 Å². The maximum absolute atomic E-state index is 11.8. The minimum absolute atomic E-state index is 0.00222. The quantitative estimate of drug-likeness (QED) is 0.692. The molecule has 0 bridgehead atoms. The van der Waals surface area contributed by atoms with E-state index in [1.807, 2.05) is 6.92 Å². The minimum Gasteiger partial charge on any atom is -0.284 e. The Balaban J connectivity index is 2.65. The number of hydrogen-bond acceptors (Lipinski definition) is 3. The Morgan fingerprint density at radius 3 is 2.33 bits per heavy atom. The molecule has 0 N–H and O–H groups in total. The Hall–Kier alpha value is -0.510. The largest absolute Gasteiger partial charge is 0.284 e. The van der Waals surface area contributed by atoms with Crippen LogP contribution in [0.15, 0.2) is 0 Å². The van der Waals surface area contributed by atoms with Gasteiger partial charge in [0.05, 0.1) is 10.5 Å². The Bertz CT molecular complexity index is 255. The van der Waals surface area contributed by atoms with Crippen molar-refractivity contribution in [2.45, 2.75) is 50.0 Å². The molecule has 1 saturated heterocycles. The molecule has 3 nitrogen and oxygen atoms in total. The van der Waals surface area contributed by atoms with Gasteiger partial charge in [-0.15, -0.1) is 11.8 Å². The van der Waals surface area contributed by atoms with Crippen LogP contribution in [-0.2, 0) is 9.59 Å². The van der Waals surface area contributed by atoms with Gasteiger partial charge in [0.25, 0.3) is 0 Å². The van der Waals surface area contributed by atoms with Crippen LogP contribution >= 0.6 is 11.8 Å². The van der Waals surface area contributed by atoms with Gasteiger partial charge in [-0.1, -0.05) is 26.7 Å². The zero-order valence-electron chi connectivity index (χ0n) is 9.66. The van der Waals surface area contributed by atoms with E-state index in [-0.39, 0.29) is 22.3 Å². The molecular formula is C11H19NO2S. The zero-order chi connectivity index (χ0) is 11.4. The number of unbranched alkanes of at least 4 members (excludes halogenated alkanes) is 1. The third kappa shape index (κ3) is 2.74. The van der Waals surface area contributed by atoms with Crippen LogP contribution in [0, 0.1) is 0 Å². The van der Waals surface area contributed by atoms with Gasteiger partial charge in [-0.25, -0.2) is 0 Å². The lowest BCUT2D eigenvalue weighted by Crippen LogP contribution is -2.49. The van der Waals surface area contributed by atoms with E-state index < -0.39 is 0 Å². The second-order valence-electron chi connectivity index (χ2n) is 3.90. The smallest absolute Gasteiger partial charge is 0.242 e. The molecule has 0 aromatic rings. The van der Waals surface area contributed by atoms with E-state index in [2.05, 4.69) is 6.92 Å². The van der Waals surface area contributed by atoms with Gasteiger partial charge in [0.1, 0.15) is 0 Å². The predicted octanol–water partition coefficient (Wildman–Crippen LogP) is 2.06. The fourth-order valence-corrected chi connectivity index (χ4v) is 3.15. The lowest BCUT2D eigenvalue weighted by molar-refractivity contribution is -0.143. The lowest BCUT2D eigenvalue weighted by Gasteiger charge is -2.32. The average Bonchev–Trinajstić information content (AvgIpc) is 2.25. The van der Waals surface area contributed by atoms with Gasteiger partial charge in [-0.05, 0) is 12.8 Å². The highest BCUT2D eigenvalue weighted by Crippen LogP contribution is 2.31. The molecule has 2 unspecified atom stereocenters. The van der Waals surface area contributed by atoms with E-state index in [0.29, 0.717) is 0 Å². The number of hydrogen-bond donors (Lipinski definition) is 0. The zero-order valence-corrected chi connectivity index (χ0v) is 10.5. The molecule has 0 aliphatic carbocycles. The third-order valence-electron chi connectivity index (χ3n) is 2.73. The predicted molar refractivity (Wildman–Crippen MR) is 62.8 cm³/mol. The van der Waals surface area contributed by atoms with Gasteiger partial charge in [0.2, 0.25) is 11.8 Å². The Kier molecular flexibility index (Phi) is 4.64. The Morgan fingerprint density at radius 2 is 1.80 bits per heavy atom. The van der Waals surface area contributed by atoms with E-state index in [9.17, 15) is 9.59 Å². The first kappa shape index (κ1) is 12.6. The molecule has 0 aromatic carbocycles. The molecule has 4 heteroatoms. The summed E-state index contributed by atoms with van der Waals surface area (Å²) in [5.41, 5.74) is 0. The lowest BCUT2D eigenvalue weighted by atomic mass is 10.1. The van der Waals surface area contributed by atoms with Gasteiger partial charge in [-0.2, -0.15) is 0 Å². The highest BCUT2D eigenvalue weighted by atomic mass is 32.2. The van der Waals surface area contributed by atoms with Gasteiger partial charge in [0, 0.05) is 7.05 Å². The third-order valence-corrected chi connectivity index (χ3v) is 4.36. The number of thioether (sulfide) groups is 1. The molecule has 1 aliphatic rings. The van der Waals surface area contributed by atoms with Crippen molar-refractivity contribution in [3.05, 3.63) is 0 Å². The first-order valence-corrected chi connectivity index (χ1v) is 6.52. The van der Waals surface area contributed by atoms with Crippen LogP contribution in [0.25, 0.3) is 0 Å². The van der Waals surface area contributed by atoms with Gasteiger partial charge < -0.3 is 0 Å². The van der Waals surface area contributed by atoms with Crippen molar-refractivity contribution in [2.24, 2.45) is 0 Å². The highest BCUT2D eigenvalue weighted by Gasteiger charge is 2.37. The topological polar surface area (TPSA) is 37.4 Å². The molecule has 86 valence electrons. The summed E-state index contributed by atoms with van der Waals surface area (Å²) in [6.45, 7) is 4.11. The fourth-order valence-electron chi connectivity index (χ4n) is 1.71. The summed E-state index contributed by atoms with van der Waals surface area (Å²) < 4.78 is 0. The van der Waals surface area contributed by atoms with Crippen molar-refractivity contribution >= 4 is 23.6 Å². The van der Waals surface area contributed by atoms with Crippen molar-refractivity contribution in [3.63, 3.8) is 0 Å². The molecule has 1 fully saturated rings. The second-order valence-corrected chi connectivity index (χ2v) is 5.31. The van der Waals surface area contributed by atoms with Crippen LogP contribution in [0.2, 0.25) is 0 Å². The molecule has 0 saturated carbocycles. The summed E-state index contributed by atoms with van der Waals surface area (Å²) in [4.78, 5) is 24.8. The van der Waals surface area contributed by atoms with E-state index in [4.69, 9.17) is 0 Å². The molecule has 15 heavy (non-hydrogen) atoms. The first-order valence-electron chi connectivity index (χ1n) is 5.58. The number of rotatable bonds is 4. The fraction of sp³-hybridized carbons (Fsp3) is 0.818. The molecule has 1 heterocycles. The van der Waals surface area contributed by atoms with E-state index in [1.165, 1.54) is 4.90 Å². The number of carbonyl (C=O) groups excluding carboxylic acids is 2. The van der Waals surface area contributed by atoms with Gasteiger partial charge >= 0.3 is 0 Å². The van der Waals surface area contributed by atoms with Crippen LogP contribution in [-0.4, -0.2) is 34.3 Å². The van der Waals surface area contributed by atoms with Crippen LogP contribution < -0.4 is 0 Å². The monoisotopic (exact) mass is 229 g/mol. The Morgan fingerprint density at radius 1 is 1.20 bits per heavy atom. The van der Waals surface area contributed by atoms with Crippen molar-refractivity contribution in [1.29, 1.82) is 0 Å². The maximum Gasteiger partial charge on any atom is 0.242 e. The molecule has 1 rings (SSSR count). The van der Waals surface area contributed by atoms with Crippen molar-refractivity contribution in [2.75, 3.05) is 7.05 Å². The molecule has 0 radical (unpaired) electrons. The normalized spacial score (nSPS) is 27.3. The standard InChI is InChI=1S/C11H19NO2S/c1-4-6-7-9-11(14)12(3)10(13)8(5-2)15-9/h8-9H,4-7H2,1-3H3.